The van der Waals surface area contributed by atoms with Crippen LogP contribution in [0.25, 0.3) is 0 Å². The van der Waals surface area contributed by atoms with E-state index >= 15 is 0 Å². The molecule has 0 aliphatic rings. The van der Waals surface area contributed by atoms with Gasteiger partial charge in [0.15, 0.2) is 0 Å². The third-order valence-corrected chi connectivity index (χ3v) is 1.54. The number of unbranched alkanes of at least 4 members (excludes halogenated alkanes) is 1. The molecule has 0 aromatic carbocycles. The van der Waals surface area contributed by atoms with E-state index in [0.717, 1.165) is 0 Å². The first-order chi connectivity index (χ1) is 3.83. The van der Waals surface area contributed by atoms with Gasteiger partial charge >= 0.3 is 46.7 Å². The molecule has 5 heteroatoms. The summed E-state index contributed by atoms with van der Waals surface area (Å²) < 4.78 is 1.43. The van der Waals surface area contributed by atoms with Crippen LogP contribution in [0.3, 0.4) is 0 Å². The Morgan fingerprint density at radius 3 is 1.78 bits per heavy atom. The molecule has 0 heterocycles. The van der Waals surface area contributed by atoms with Crippen molar-refractivity contribution in [2.45, 2.75) is 24.2 Å². The van der Waals surface area contributed by atoms with Crippen molar-refractivity contribution in [2.24, 2.45) is 0 Å². The van der Waals surface area contributed by atoms with Crippen molar-refractivity contribution in [2.75, 3.05) is 0 Å². The molecule has 4 N–H and O–H groups in total. The Bertz CT molecular complexity index is 26.5. The van der Waals surface area contributed by atoms with Crippen LogP contribution >= 0.6 is 0 Å². The SMILES string of the molecule is CCC[CH2][Sn].O.OOO. The minimum absolute atomic E-state index is 0. The van der Waals surface area contributed by atoms with E-state index in [-0.39, 0.29) is 5.48 Å². The molecule has 0 amide bonds. The van der Waals surface area contributed by atoms with Crippen molar-refractivity contribution >= 4 is 22.5 Å². The molecule has 9 heavy (non-hydrogen) atoms. The molecule has 0 spiro atoms. The predicted molar refractivity (Wildman–Crippen MR) is 35.4 cm³/mol. The number of hydrogen-bond donors (Lipinski definition) is 2. The summed E-state index contributed by atoms with van der Waals surface area (Å²) >= 11 is 1.68. The smallest absolute Gasteiger partial charge is 0.0737 e. The molecular weight excluding hydrogens is 231 g/mol. The van der Waals surface area contributed by atoms with Gasteiger partial charge in [0.25, 0.3) is 0 Å². The summed E-state index contributed by atoms with van der Waals surface area (Å²) in [4.78, 5) is 0. The van der Waals surface area contributed by atoms with Crippen LogP contribution in [0.5, 0.6) is 0 Å². The Morgan fingerprint density at radius 1 is 1.44 bits per heavy atom. The molecule has 0 saturated carbocycles. The van der Waals surface area contributed by atoms with Crippen molar-refractivity contribution in [1.82, 2.24) is 0 Å². The molecule has 0 aromatic rings. The van der Waals surface area contributed by atoms with Gasteiger partial charge in [-0.3, -0.25) is 0 Å². The largest absolute Gasteiger partial charge is 0.412 e. The van der Waals surface area contributed by atoms with Crippen LogP contribution in [-0.2, 0) is 5.04 Å². The van der Waals surface area contributed by atoms with Crippen molar-refractivity contribution in [1.29, 1.82) is 0 Å². The Labute approximate surface area is 68.1 Å². The van der Waals surface area contributed by atoms with Crippen molar-refractivity contribution in [3.05, 3.63) is 0 Å². The van der Waals surface area contributed by atoms with Gasteiger partial charge in [0.1, 0.15) is 0 Å². The zero-order valence-electron chi connectivity index (χ0n) is 5.42. The van der Waals surface area contributed by atoms with E-state index < -0.39 is 0 Å². The molecule has 0 unspecified atom stereocenters. The molecule has 0 aliphatic carbocycles. The Kier molecular flexibility index (Phi) is 42.5. The quantitative estimate of drug-likeness (QED) is 0.421. The Morgan fingerprint density at radius 2 is 1.78 bits per heavy atom. The molecule has 3 radical (unpaired) electrons. The van der Waals surface area contributed by atoms with Crippen molar-refractivity contribution in [3.8, 4) is 0 Å². The molecule has 0 aromatic heterocycles. The fourth-order valence-electron chi connectivity index (χ4n) is 0.177. The summed E-state index contributed by atoms with van der Waals surface area (Å²) in [7, 11) is 0. The van der Waals surface area contributed by atoms with E-state index in [1.807, 2.05) is 0 Å². The normalized spacial score (nSPS) is 6.67. The first-order valence-corrected chi connectivity index (χ1v) is 4.44. The van der Waals surface area contributed by atoms with E-state index in [0.29, 0.717) is 0 Å². The third kappa shape index (κ3) is 54.7. The molecule has 0 saturated heterocycles. The zero-order valence-corrected chi connectivity index (χ0v) is 8.28. The van der Waals surface area contributed by atoms with Gasteiger partial charge in [-0.05, 0) is 0 Å². The van der Waals surface area contributed by atoms with Gasteiger partial charge in [0.05, 0.1) is 0 Å². The summed E-state index contributed by atoms with van der Waals surface area (Å²) in [5, 5.41) is 15.5. The maximum absolute atomic E-state index is 6.62. The molecule has 0 atom stereocenters. The fraction of sp³-hybridized carbons (Fsp3) is 1.00. The van der Waals surface area contributed by atoms with E-state index in [4.69, 9.17) is 10.5 Å². The molecular formula is C4H13O4Sn. The van der Waals surface area contributed by atoms with Crippen molar-refractivity contribution in [3.63, 3.8) is 0 Å². The van der Waals surface area contributed by atoms with E-state index in [1.54, 1.807) is 22.5 Å². The van der Waals surface area contributed by atoms with Gasteiger partial charge in [0.2, 0.25) is 0 Å². The Balaban J connectivity index is -0.0000000800. The van der Waals surface area contributed by atoms with E-state index in [1.165, 1.54) is 17.3 Å². The average molecular weight is 244 g/mol. The van der Waals surface area contributed by atoms with Crippen LogP contribution in [0.2, 0.25) is 4.44 Å². The summed E-state index contributed by atoms with van der Waals surface area (Å²) in [6.07, 6.45) is 2.80. The molecule has 0 rings (SSSR count). The standard InChI is InChI=1S/C4H9.H2O3.H2O.Sn/c1-3-4-2;1-3-2;;/h1,3-4H2,2H3;1-2H;1H2;. The van der Waals surface area contributed by atoms with Gasteiger partial charge in [-0.15, -0.1) is 0 Å². The van der Waals surface area contributed by atoms with Crippen LogP contribution in [0.4, 0.5) is 0 Å². The second-order valence-corrected chi connectivity index (χ2v) is 2.61. The molecule has 0 fully saturated rings. The van der Waals surface area contributed by atoms with E-state index in [9.17, 15) is 0 Å². The summed E-state index contributed by atoms with van der Waals surface area (Å²) in [5.74, 6) is 0. The van der Waals surface area contributed by atoms with Gasteiger partial charge in [0, 0.05) is 0 Å². The monoisotopic (exact) mass is 245 g/mol. The molecule has 0 aliphatic heterocycles. The summed E-state index contributed by atoms with van der Waals surface area (Å²) in [6, 6.07) is 0. The predicted octanol–water partition coefficient (Wildman–Crippen LogP) is 0.498. The van der Waals surface area contributed by atoms with E-state index in [2.05, 4.69) is 12.0 Å². The van der Waals surface area contributed by atoms with Crippen LogP contribution in [0.1, 0.15) is 19.8 Å². The van der Waals surface area contributed by atoms with Gasteiger partial charge in [-0.25, -0.2) is 10.5 Å². The molecule has 57 valence electrons. The van der Waals surface area contributed by atoms with Crippen LogP contribution in [0, 0.1) is 0 Å². The topological polar surface area (TPSA) is 81.2 Å². The van der Waals surface area contributed by atoms with Crippen molar-refractivity contribution < 1.29 is 21.0 Å². The average Bonchev–Trinajstić information content (AvgIpc) is 1.71. The zero-order chi connectivity index (χ0) is 6.83. The first-order valence-electron chi connectivity index (χ1n) is 2.43. The minimum Gasteiger partial charge on any atom is -0.412 e. The minimum atomic E-state index is 0. The summed E-state index contributed by atoms with van der Waals surface area (Å²) in [6.45, 7) is 2.23. The third-order valence-electron chi connectivity index (χ3n) is 0.530. The summed E-state index contributed by atoms with van der Waals surface area (Å²) in [5.41, 5.74) is 0. The maximum atomic E-state index is 6.62. The molecule has 4 nitrogen and oxygen atoms in total. The van der Waals surface area contributed by atoms with Gasteiger partial charge in [-0.1, -0.05) is 5.04 Å². The fourth-order valence-corrected chi connectivity index (χ4v) is 1.19. The first kappa shape index (κ1) is 16.3. The van der Waals surface area contributed by atoms with Crippen LogP contribution in [-0.4, -0.2) is 38.5 Å². The van der Waals surface area contributed by atoms with Gasteiger partial charge < -0.3 is 5.48 Å². The molecule has 0 bridgehead atoms. The van der Waals surface area contributed by atoms with Crippen LogP contribution < -0.4 is 0 Å². The Hall–Kier alpha value is 0.639. The van der Waals surface area contributed by atoms with Crippen LogP contribution in [0.15, 0.2) is 0 Å². The second kappa shape index (κ2) is 23.4. The maximum Gasteiger partial charge on any atom is -0.0737 e. The number of hydrogen-bond acceptors (Lipinski definition) is 3. The second-order valence-electron chi connectivity index (χ2n) is 1.19. The van der Waals surface area contributed by atoms with Gasteiger partial charge in [-0.2, -0.15) is 0 Å². The number of rotatable bonds is 2.